The second kappa shape index (κ2) is 7.31. The molecule has 144 valence electrons. The van der Waals surface area contributed by atoms with Crippen LogP contribution in [-0.4, -0.2) is 85.4 Å². The average molecular weight is 371 g/mol. The average Bonchev–Trinajstić information content (AvgIpc) is 3.15. The molecule has 0 aromatic heterocycles. The number of hydrogen-bond acceptors (Lipinski definition) is 4. The molecule has 7 heteroatoms. The van der Waals surface area contributed by atoms with Crippen LogP contribution < -0.4 is 0 Å². The highest BCUT2D eigenvalue weighted by molar-refractivity contribution is 5.98. The molecule has 7 nitrogen and oxygen atoms in total. The molecule has 1 aromatic rings. The van der Waals surface area contributed by atoms with Gasteiger partial charge in [-0.2, -0.15) is 0 Å². The van der Waals surface area contributed by atoms with E-state index in [2.05, 4.69) is 0 Å². The lowest BCUT2D eigenvalue weighted by Gasteiger charge is -2.30. The standard InChI is InChI=1S/C20H25N3O4/c1-21-7-6-16-12-23(13-17(16)20(21)26)19(25)15-4-2-14(3-5-15)18(24)22-8-10-27-11-9-22/h2-5,16-17H,6-13H2,1H3/t16-,17+/m1/s1. The number of likely N-dealkylation sites (tertiary alicyclic amines) is 2. The first-order valence-corrected chi connectivity index (χ1v) is 9.56. The zero-order chi connectivity index (χ0) is 19.0. The van der Waals surface area contributed by atoms with Gasteiger partial charge in [0.05, 0.1) is 19.1 Å². The maximum atomic E-state index is 12.9. The van der Waals surface area contributed by atoms with Crippen LogP contribution in [0.15, 0.2) is 24.3 Å². The van der Waals surface area contributed by atoms with Crippen molar-refractivity contribution in [3.63, 3.8) is 0 Å². The molecule has 27 heavy (non-hydrogen) atoms. The van der Waals surface area contributed by atoms with Gasteiger partial charge in [0.25, 0.3) is 11.8 Å². The number of ether oxygens (including phenoxy) is 1. The molecule has 2 atom stereocenters. The minimum Gasteiger partial charge on any atom is -0.378 e. The lowest BCUT2D eigenvalue weighted by atomic mass is 9.88. The highest BCUT2D eigenvalue weighted by Gasteiger charge is 2.43. The summed E-state index contributed by atoms with van der Waals surface area (Å²) in [5, 5.41) is 0. The van der Waals surface area contributed by atoms with Crippen LogP contribution in [0.4, 0.5) is 0 Å². The highest BCUT2D eigenvalue weighted by atomic mass is 16.5. The summed E-state index contributed by atoms with van der Waals surface area (Å²) in [6.07, 6.45) is 0.948. The normalized spacial score (nSPS) is 25.5. The van der Waals surface area contributed by atoms with E-state index in [0.717, 1.165) is 13.0 Å². The van der Waals surface area contributed by atoms with Crippen LogP contribution in [0.2, 0.25) is 0 Å². The number of fused-ring (bicyclic) bond motifs is 1. The zero-order valence-electron chi connectivity index (χ0n) is 15.6. The molecule has 0 aliphatic carbocycles. The molecule has 1 aromatic carbocycles. The van der Waals surface area contributed by atoms with Gasteiger partial charge in [-0.15, -0.1) is 0 Å². The zero-order valence-corrected chi connectivity index (χ0v) is 15.6. The van der Waals surface area contributed by atoms with Crippen LogP contribution in [0, 0.1) is 11.8 Å². The molecule has 3 saturated heterocycles. The van der Waals surface area contributed by atoms with E-state index >= 15 is 0 Å². The summed E-state index contributed by atoms with van der Waals surface area (Å²) in [6, 6.07) is 6.86. The lowest BCUT2D eigenvalue weighted by molar-refractivity contribution is -0.137. The SMILES string of the molecule is CN1CC[C@@H]2CN(C(=O)c3ccc(C(=O)N4CCOCC4)cc3)C[C@@H]2C1=O. The number of nitrogens with zero attached hydrogens (tertiary/aromatic N) is 3. The largest absolute Gasteiger partial charge is 0.378 e. The van der Waals surface area contributed by atoms with Gasteiger partial charge in [-0.25, -0.2) is 0 Å². The van der Waals surface area contributed by atoms with Crippen molar-refractivity contribution in [2.45, 2.75) is 6.42 Å². The Morgan fingerprint density at radius 1 is 0.926 bits per heavy atom. The third-order valence-electron chi connectivity index (χ3n) is 5.93. The summed E-state index contributed by atoms with van der Waals surface area (Å²) in [7, 11) is 1.83. The highest BCUT2D eigenvalue weighted by Crippen LogP contribution is 2.32. The Morgan fingerprint density at radius 3 is 2.15 bits per heavy atom. The van der Waals surface area contributed by atoms with Gasteiger partial charge in [0.1, 0.15) is 0 Å². The van der Waals surface area contributed by atoms with Crippen molar-refractivity contribution in [2.75, 3.05) is 53.0 Å². The van der Waals surface area contributed by atoms with Crippen molar-refractivity contribution >= 4 is 17.7 Å². The van der Waals surface area contributed by atoms with Gasteiger partial charge in [0.2, 0.25) is 5.91 Å². The maximum absolute atomic E-state index is 12.9. The van der Waals surface area contributed by atoms with E-state index < -0.39 is 0 Å². The summed E-state index contributed by atoms with van der Waals surface area (Å²) >= 11 is 0. The Kier molecular flexibility index (Phi) is 4.86. The fourth-order valence-corrected chi connectivity index (χ4v) is 4.25. The molecule has 0 bridgehead atoms. The molecular weight excluding hydrogens is 346 g/mol. The predicted molar refractivity (Wildman–Crippen MR) is 98.3 cm³/mol. The third-order valence-corrected chi connectivity index (χ3v) is 5.93. The summed E-state index contributed by atoms with van der Waals surface area (Å²) < 4.78 is 5.28. The van der Waals surface area contributed by atoms with Crippen LogP contribution >= 0.6 is 0 Å². The summed E-state index contributed by atoms with van der Waals surface area (Å²) in [5.74, 6) is 0.242. The van der Waals surface area contributed by atoms with E-state index in [1.807, 2.05) is 7.05 Å². The predicted octanol–water partition coefficient (Wildman–Crippen LogP) is 0.709. The van der Waals surface area contributed by atoms with Crippen LogP contribution in [0.5, 0.6) is 0 Å². The topological polar surface area (TPSA) is 70.2 Å². The third kappa shape index (κ3) is 3.43. The van der Waals surface area contributed by atoms with Crippen molar-refractivity contribution in [2.24, 2.45) is 11.8 Å². The Bertz CT molecular complexity index is 742. The van der Waals surface area contributed by atoms with Crippen LogP contribution in [0.1, 0.15) is 27.1 Å². The van der Waals surface area contributed by atoms with Crippen molar-refractivity contribution < 1.29 is 19.1 Å². The van der Waals surface area contributed by atoms with E-state index in [4.69, 9.17) is 4.74 Å². The summed E-state index contributed by atoms with van der Waals surface area (Å²) in [5.41, 5.74) is 1.15. The molecule has 0 unspecified atom stereocenters. The quantitative estimate of drug-likeness (QED) is 0.768. The number of carbonyl (C=O) groups is 3. The smallest absolute Gasteiger partial charge is 0.254 e. The number of morpholine rings is 1. The molecule has 3 amide bonds. The minimum atomic E-state index is -0.0742. The number of piperidine rings is 1. The molecule has 4 rings (SSSR count). The van der Waals surface area contributed by atoms with E-state index in [0.29, 0.717) is 50.5 Å². The van der Waals surface area contributed by atoms with Crippen LogP contribution in [0.25, 0.3) is 0 Å². The fourth-order valence-electron chi connectivity index (χ4n) is 4.25. The second-order valence-corrected chi connectivity index (χ2v) is 7.61. The van der Waals surface area contributed by atoms with E-state index in [-0.39, 0.29) is 29.6 Å². The van der Waals surface area contributed by atoms with Crippen LogP contribution in [-0.2, 0) is 9.53 Å². The maximum Gasteiger partial charge on any atom is 0.254 e. The summed E-state index contributed by atoms with van der Waals surface area (Å²) in [4.78, 5) is 43.0. The monoisotopic (exact) mass is 371 g/mol. The summed E-state index contributed by atoms with van der Waals surface area (Å²) in [6.45, 7) is 4.21. The van der Waals surface area contributed by atoms with E-state index in [9.17, 15) is 14.4 Å². The van der Waals surface area contributed by atoms with Crippen molar-refractivity contribution in [3.8, 4) is 0 Å². The number of benzene rings is 1. The molecule has 3 aliphatic heterocycles. The van der Waals surface area contributed by atoms with Gasteiger partial charge in [-0.3, -0.25) is 14.4 Å². The van der Waals surface area contributed by atoms with Gasteiger partial charge in [0.15, 0.2) is 0 Å². The number of carbonyl (C=O) groups excluding carboxylic acids is 3. The first-order chi connectivity index (χ1) is 13.0. The van der Waals surface area contributed by atoms with E-state index in [1.54, 1.807) is 39.0 Å². The van der Waals surface area contributed by atoms with Crippen LogP contribution in [0.3, 0.4) is 0 Å². The number of amides is 3. The van der Waals surface area contributed by atoms with Gasteiger partial charge >= 0.3 is 0 Å². The lowest BCUT2D eigenvalue weighted by Crippen LogP contribution is -2.42. The number of rotatable bonds is 2. The molecule has 3 heterocycles. The molecule has 3 aliphatic rings. The van der Waals surface area contributed by atoms with Crippen molar-refractivity contribution in [3.05, 3.63) is 35.4 Å². The van der Waals surface area contributed by atoms with Crippen molar-refractivity contribution in [1.29, 1.82) is 0 Å². The van der Waals surface area contributed by atoms with Crippen molar-refractivity contribution in [1.82, 2.24) is 14.7 Å². The van der Waals surface area contributed by atoms with Gasteiger partial charge < -0.3 is 19.4 Å². The van der Waals surface area contributed by atoms with Gasteiger partial charge in [0, 0.05) is 50.9 Å². The molecule has 3 fully saturated rings. The molecule has 0 radical (unpaired) electrons. The van der Waals surface area contributed by atoms with E-state index in [1.165, 1.54) is 0 Å². The Morgan fingerprint density at radius 2 is 1.52 bits per heavy atom. The molecular formula is C20H25N3O4. The minimum absolute atomic E-state index is 0.0295. The number of hydrogen-bond donors (Lipinski definition) is 0. The van der Waals surface area contributed by atoms with Gasteiger partial charge in [-0.05, 0) is 36.6 Å². The Labute approximate surface area is 158 Å². The molecule has 0 spiro atoms. The first-order valence-electron chi connectivity index (χ1n) is 9.56. The second-order valence-electron chi connectivity index (χ2n) is 7.61. The first kappa shape index (κ1) is 18.0. The Balaban J connectivity index is 1.42. The molecule has 0 N–H and O–H groups in total. The fraction of sp³-hybridized carbons (Fsp3) is 0.550. The van der Waals surface area contributed by atoms with Gasteiger partial charge in [-0.1, -0.05) is 0 Å². The Hall–Kier alpha value is -2.41. The molecule has 0 saturated carbocycles.